The normalized spacial score (nSPS) is 11.3. The molecule has 1 aromatic carbocycles. The Morgan fingerprint density at radius 2 is 1.86 bits per heavy atom. The summed E-state index contributed by atoms with van der Waals surface area (Å²) in [6.45, 7) is 7.30. The van der Waals surface area contributed by atoms with Gasteiger partial charge >= 0.3 is 0 Å². The summed E-state index contributed by atoms with van der Waals surface area (Å²) in [6, 6.07) is 12.0. The molecule has 0 saturated heterocycles. The largest absolute Gasteiger partial charge is 0.467 e. The lowest BCUT2D eigenvalue weighted by Gasteiger charge is -2.22. The number of carbonyl (C=O) groups is 1. The van der Waals surface area contributed by atoms with Gasteiger partial charge in [0.25, 0.3) is 0 Å². The predicted molar refractivity (Wildman–Crippen MR) is 89.0 cm³/mol. The Morgan fingerprint density at radius 3 is 2.41 bits per heavy atom. The van der Waals surface area contributed by atoms with Crippen LogP contribution in [0, 0.1) is 0 Å². The molecule has 1 aromatic heterocycles. The van der Waals surface area contributed by atoms with Crippen LogP contribution in [0.25, 0.3) is 0 Å². The first-order valence-corrected chi connectivity index (χ1v) is 7.47. The van der Waals surface area contributed by atoms with Gasteiger partial charge in [-0.05, 0) is 35.2 Å². The number of rotatable bonds is 5. The number of hydrogen-bond acceptors (Lipinski definition) is 3. The molecule has 4 heteroatoms. The zero-order valence-electron chi connectivity index (χ0n) is 13.7. The van der Waals surface area contributed by atoms with Crippen LogP contribution < -0.4 is 10.2 Å². The highest BCUT2D eigenvalue weighted by Gasteiger charge is 2.14. The van der Waals surface area contributed by atoms with E-state index in [9.17, 15) is 4.79 Å². The van der Waals surface area contributed by atoms with E-state index in [1.807, 2.05) is 24.1 Å². The Balaban J connectivity index is 1.88. The van der Waals surface area contributed by atoms with Gasteiger partial charge < -0.3 is 14.6 Å². The van der Waals surface area contributed by atoms with E-state index in [0.717, 1.165) is 11.4 Å². The molecule has 118 valence electrons. The van der Waals surface area contributed by atoms with Crippen LogP contribution in [0.1, 0.15) is 32.1 Å². The molecule has 0 bridgehead atoms. The number of hydrogen-bond donors (Lipinski definition) is 1. The van der Waals surface area contributed by atoms with Crippen molar-refractivity contribution in [2.24, 2.45) is 0 Å². The topological polar surface area (TPSA) is 45.5 Å². The van der Waals surface area contributed by atoms with Gasteiger partial charge in [0.1, 0.15) is 5.76 Å². The number of anilines is 1. The molecule has 0 aliphatic carbocycles. The van der Waals surface area contributed by atoms with Crippen molar-refractivity contribution < 1.29 is 9.21 Å². The first kappa shape index (κ1) is 16.1. The van der Waals surface area contributed by atoms with E-state index in [2.05, 4.69) is 50.4 Å². The Labute approximate surface area is 132 Å². The summed E-state index contributed by atoms with van der Waals surface area (Å²) in [4.78, 5) is 13.9. The van der Waals surface area contributed by atoms with Gasteiger partial charge in [-0.2, -0.15) is 0 Å². The van der Waals surface area contributed by atoms with Crippen LogP contribution in [-0.4, -0.2) is 19.5 Å². The van der Waals surface area contributed by atoms with Crippen LogP contribution in [-0.2, 0) is 16.8 Å². The second-order valence-electron chi connectivity index (χ2n) is 6.51. The summed E-state index contributed by atoms with van der Waals surface area (Å²) in [5.74, 6) is 0.726. The van der Waals surface area contributed by atoms with Gasteiger partial charge in [0, 0.05) is 12.7 Å². The molecule has 0 radical (unpaired) electrons. The lowest BCUT2D eigenvalue weighted by atomic mass is 9.87. The minimum atomic E-state index is -0.0289. The average molecular weight is 300 g/mol. The molecule has 0 aliphatic heterocycles. The second-order valence-corrected chi connectivity index (χ2v) is 6.51. The van der Waals surface area contributed by atoms with Gasteiger partial charge in [0.15, 0.2) is 0 Å². The highest BCUT2D eigenvalue weighted by Crippen LogP contribution is 2.24. The predicted octanol–water partition coefficient (Wildman–Crippen LogP) is 3.33. The maximum atomic E-state index is 12.0. The standard InChI is InChI=1S/C18H24N2O2/c1-18(2,3)14-7-9-15(10-8-14)20(4)13-17(21)19-12-16-6-5-11-22-16/h5-11H,12-13H2,1-4H3,(H,19,21). The molecule has 0 atom stereocenters. The SMILES string of the molecule is CN(CC(=O)NCc1ccco1)c1ccc(C(C)(C)C)cc1. The van der Waals surface area contributed by atoms with E-state index in [1.54, 1.807) is 6.26 Å². The molecule has 1 N–H and O–H groups in total. The second kappa shape index (κ2) is 6.69. The summed E-state index contributed by atoms with van der Waals surface area (Å²) in [6.07, 6.45) is 1.60. The Hall–Kier alpha value is -2.23. The summed E-state index contributed by atoms with van der Waals surface area (Å²) >= 11 is 0. The van der Waals surface area contributed by atoms with Gasteiger partial charge in [-0.25, -0.2) is 0 Å². The van der Waals surface area contributed by atoms with Gasteiger partial charge in [-0.1, -0.05) is 32.9 Å². The fourth-order valence-corrected chi connectivity index (χ4v) is 2.18. The van der Waals surface area contributed by atoms with Crippen molar-refractivity contribution in [3.05, 3.63) is 54.0 Å². The third-order valence-corrected chi connectivity index (χ3v) is 3.59. The Morgan fingerprint density at radius 1 is 1.18 bits per heavy atom. The highest BCUT2D eigenvalue weighted by atomic mass is 16.3. The smallest absolute Gasteiger partial charge is 0.239 e. The molecule has 2 aromatic rings. The lowest BCUT2D eigenvalue weighted by Crippen LogP contribution is -2.34. The van der Waals surface area contributed by atoms with Gasteiger partial charge in [0.2, 0.25) is 5.91 Å². The number of amides is 1. The zero-order valence-corrected chi connectivity index (χ0v) is 13.7. The summed E-state index contributed by atoms with van der Waals surface area (Å²) in [7, 11) is 1.92. The first-order chi connectivity index (χ1) is 10.4. The van der Waals surface area contributed by atoms with Crippen molar-refractivity contribution in [1.82, 2.24) is 5.32 Å². The molecule has 1 amide bonds. The zero-order chi connectivity index (χ0) is 16.2. The highest BCUT2D eigenvalue weighted by molar-refractivity contribution is 5.81. The summed E-state index contributed by atoms with van der Waals surface area (Å²) < 4.78 is 5.19. The van der Waals surface area contributed by atoms with Crippen molar-refractivity contribution in [3.63, 3.8) is 0 Å². The van der Waals surface area contributed by atoms with Crippen LogP contribution in [0.2, 0.25) is 0 Å². The third kappa shape index (κ3) is 4.38. The molecule has 2 rings (SSSR count). The van der Waals surface area contributed by atoms with E-state index in [0.29, 0.717) is 13.1 Å². The fraction of sp³-hybridized carbons (Fsp3) is 0.389. The molecular weight excluding hydrogens is 276 g/mol. The number of benzene rings is 1. The van der Waals surface area contributed by atoms with Crippen molar-refractivity contribution in [3.8, 4) is 0 Å². The molecular formula is C18H24N2O2. The van der Waals surface area contributed by atoms with Gasteiger partial charge in [-0.15, -0.1) is 0 Å². The fourth-order valence-electron chi connectivity index (χ4n) is 2.18. The van der Waals surface area contributed by atoms with Crippen LogP contribution in [0.3, 0.4) is 0 Å². The van der Waals surface area contributed by atoms with Crippen LogP contribution in [0.4, 0.5) is 5.69 Å². The van der Waals surface area contributed by atoms with E-state index in [-0.39, 0.29) is 11.3 Å². The number of nitrogens with one attached hydrogen (secondary N) is 1. The van der Waals surface area contributed by atoms with E-state index < -0.39 is 0 Å². The molecule has 0 aliphatic rings. The number of carbonyl (C=O) groups excluding carboxylic acids is 1. The Bertz CT molecular complexity index is 595. The molecule has 22 heavy (non-hydrogen) atoms. The van der Waals surface area contributed by atoms with Crippen molar-refractivity contribution in [2.45, 2.75) is 32.7 Å². The number of furan rings is 1. The number of likely N-dealkylation sites (N-methyl/N-ethyl adjacent to an activating group) is 1. The third-order valence-electron chi connectivity index (χ3n) is 3.59. The van der Waals surface area contributed by atoms with E-state index in [1.165, 1.54) is 5.56 Å². The molecule has 0 spiro atoms. The molecule has 4 nitrogen and oxygen atoms in total. The van der Waals surface area contributed by atoms with Crippen LogP contribution in [0.5, 0.6) is 0 Å². The van der Waals surface area contributed by atoms with Gasteiger partial charge in [-0.3, -0.25) is 4.79 Å². The Kier molecular flexibility index (Phi) is 4.91. The summed E-state index contributed by atoms with van der Waals surface area (Å²) in [5.41, 5.74) is 2.45. The van der Waals surface area contributed by atoms with E-state index in [4.69, 9.17) is 4.42 Å². The monoisotopic (exact) mass is 300 g/mol. The number of nitrogens with zero attached hydrogens (tertiary/aromatic N) is 1. The minimum Gasteiger partial charge on any atom is -0.467 e. The van der Waals surface area contributed by atoms with E-state index >= 15 is 0 Å². The first-order valence-electron chi connectivity index (χ1n) is 7.47. The lowest BCUT2D eigenvalue weighted by molar-refractivity contribution is -0.119. The molecule has 0 saturated carbocycles. The minimum absolute atomic E-state index is 0.0289. The maximum Gasteiger partial charge on any atom is 0.239 e. The molecule has 0 unspecified atom stereocenters. The van der Waals surface area contributed by atoms with Crippen molar-refractivity contribution >= 4 is 11.6 Å². The maximum absolute atomic E-state index is 12.0. The van der Waals surface area contributed by atoms with Gasteiger partial charge in [0.05, 0.1) is 19.4 Å². The van der Waals surface area contributed by atoms with Crippen molar-refractivity contribution in [1.29, 1.82) is 0 Å². The van der Waals surface area contributed by atoms with Crippen molar-refractivity contribution in [2.75, 3.05) is 18.5 Å². The van der Waals surface area contributed by atoms with Crippen LogP contribution in [0.15, 0.2) is 47.1 Å². The average Bonchev–Trinajstić information content (AvgIpc) is 2.97. The molecule has 1 heterocycles. The van der Waals surface area contributed by atoms with Crippen LogP contribution >= 0.6 is 0 Å². The quantitative estimate of drug-likeness (QED) is 0.921. The summed E-state index contributed by atoms with van der Waals surface area (Å²) in [5, 5.41) is 2.85. The molecule has 0 fully saturated rings.